The number of carbonyl (C=O) groups excluding carboxylic acids is 1. The van der Waals surface area contributed by atoms with Crippen molar-refractivity contribution in [1.29, 1.82) is 0 Å². The van der Waals surface area contributed by atoms with Gasteiger partial charge < -0.3 is 14.6 Å². The van der Waals surface area contributed by atoms with Gasteiger partial charge in [0.15, 0.2) is 12.4 Å². The number of aryl methyl sites for hydroxylation is 2. The summed E-state index contributed by atoms with van der Waals surface area (Å²) >= 11 is 0. The predicted octanol–water partition coefficient (Wildman–Crippen LogP) is 3.45. The number of amides is 1. The third-order valence-corrected chi connectivity index (χ3v) is 3.68. The molecule has 2 aromatic carbocycles. The van der Waals surface area contributed by atoms with E-state index in [1.54, 1.807) is 31.2 Å². The van der Waals surface area contributed by atoms with Crippen LogP contribution in [-0.4, -0.2) is 16.0 Å². The first-order valence-electron chi connectivity index (χ1n) is 7.96. The number of hydrogen-bond donors (Lipinski definition) is 1. The molecule has 0 radical (unpaired) electrons. The molecular formula is C19H19N3O3. The lowest BCUT2D eigenvalue weighted by atomic mass is 10.1. The SMILES string of the molecule is Cc1noc(COc2ccc(NC(=O)Cc3ccccc3C)cc2)n1. The Hall–Kier alpha value is -3.15. The summed E-state index contributed by atoms with van der Waals surface area (Å²) in [7, 11) is 0. The van der Waals surface area contributed by atoms with Gasteiger partial charge in [0.05, 0.1) is 6.42 Å². The minimum atomic E-state index is -0.0516. The predicted molar refractivity (Wildman–Crippen MR) is 93.3 cm³/mol. The highest BCUT2D eigenvalue weighted by Crippen LogP contribution is 2.17. The van der Waals surface area contributed by atoms with E-state index in [1.165, 1.54) is 0 Å². The Morgan fingerprint density at radius 3 is 2.56 bits per heavy atom. The van der Waals surface area contributed by atoms with Crippen molar-refractivity contribution >= 4 is 11.6 Å². The number of anilines is 1. The lowest BCUT2D eigenvalue weighted by molar-refractivity contribution is -0.115. The van der Waals surface area contributed by atoms with Gasteiger partial charge in [-0.1, -0.05) is 29.4 Å². The van der Waals surface area contributed by atoms with Gasteiger partial charge in [0.25, 0.3) is 5.89 Å². The molecule has 1 N–H and O–H groups in total. The van der Waals surface area contributed by atoms with E-state index in [4.69, 9.17) is 9.26 Å². The Bertz CT molecular complexity index is 856. The van der Waals surface area contributed by atoms with Crippen molar-refractivity contribution in [3.05, 3.63) is 71.4 Å². The summed E-state index contributed by atoms with van der Waals surface area (Å²) in [6.07, 6.45) is 0.349. The van der Waals surface area contributed by atoms with Crippen LogP contribution in [0.1, 0.15) is 22.8 Å². The number of aromatic nitrogens is 2. The molecule has 0 unspecified atom stereocenters. The fourth-order valence-corrected chi connectivity index (χ4v) is 2.36. The van der Waals surface area contributed by atoms with Crippen molar-refractivity contribution in [1.82, 2.24) is 10.1 Å². The number of hydrogen-bond acceptors (Lipinski definition) is 5. The number of benzene rings is 2. The third kappa shape index (κ3) is 4.67. The summed E-state index contributed by atoms with van der Waals surface area (Å²) in [4.78, 5) is 16.2. The van der Waals surface area contributed by atoms with Crippen molar-refractivity contribution in [2.24, 2.45) is 0 Å². The maximum atomic E-state index is 12.2. The molecular weight excluding hydrogens is 318 g/mol. The molecule has 0 aliphatic rings. The van der Waals surface area contributed by atoms with Gasteiger partial charge in [-0.05, 0) is 49.2 Å². The van der Waals surface area contributed by atoms with Gasteiger partial charge >= 0.3 is 0 Å². The largest absolute Gasteiger partial charge is 0.484 e. The van der Waals surface area contributed by atoms with E-state index in [1.807, 2.05) is 31.2 Å². The van der Waals surface area contributed by atoms with Crippen LogP contribution in [0.2, 0.25) is 0 Å². The van der Waals surface area contributed by atoms with E-state index in [0.717, 1.165) is 16.8 Å². The number of ether oxygens (including phenoxy) is 1. The summed E-state index contributed by atoms with van der Waals surface area (Å²) in [5.41, 5.74) is 2.85. The Labute approximate surface area is 145 Å². The number of carbonyl (C=O) groups is 1. The molecule has 6 nitrogen and oxygen atoms in total. The zero-order valence-corrected chi connectivity index (χ0v) is 14.2. The van der Waals surface area contributed by atoms with Crippen LogP contribution in [0, 0.1) is 13.8 Å². The lowest BCUT2D eigenvalue weighted by Crippen LogP contribution is -2.14. The second kappa shape index (κ2) is 7.61. The molecule has 0 fully saturated rings. The molecule has 0 aliphatic carbocycles. The fourth-order valence-electron chi connectivity index (χ4n) is 2.36. The van der Waals surface area contributed by atoms with Crippen LogP contribution in [0.15, 0.2) is 53.1 Å². The second-order valence-corrected chi connectivity index (χ2v) is 5.70. The zero-order chi connectivity index (χ0) is 17.6. The van der Waals surface area contributed by atoms with E-state index >= 15 is 0 Å². The summed E-state index contributed by atoms with van der Waals surface area (Å²) in [5, 5.41) is 6.59. The smallest absolute Gasteiger partial charge is 0.264 e. The van der Waals surface area contributed by atoms with E-state index in [2.05, 4.69) is 15.5 Å². The fraction of sp³-hybridized carbons (Fsp3) is 0.211. The van der Waals surface area contributed by atoms with Crippen molar-refractivity contribution in [3.8, 4) is 5.75 Å². The third-order valence-electron chi connectivity index (χ3n) is 3.68. The highest BCUT2D eigenvalue weighted by atomic mass is 16.5. The molecule has 1 heterocycles. The summed E-state index contributed by atoms with van der Waals surface area (Å²) in [6, 6.07) is 15.0. The number of nitrogens with zero attached hydrogens (tertiary/aromatic N) is 2. The Morgan fingerprint density at radius 2 is 1.88 bits per heavy atom. The van der Waals surface area contributed by atoms with Gasteiger partial charge in [-0.3, -0.25) is 4.79 Å². The van der Waals surface area contributed by atoms with Crippen molar-refractivity contribution in [2.75, 3.05) is 5.32 Å². The van der Waals surface area contributed by atoms with Crippen LogP contribution in [0.25, 0.3) is 0 Å². The van der Waals surface area contributed by atoms with Crippen LogP contribution < -0.4 is 10.1 Å². The average molecular weight is 337 g/mol. The zero-order valence-electron chi connectivity index (χ0n) is 14.2. The quantitative estimate of drug-likeness (QED) is 0.745. The maximum Gasteiger partial charge on any atom is 0.264 e. The molecule has 1 amide bonds. The molecule has 1 aromatic heterocycles. The maximum absolute atomic E-state index is 12.2. The van der Waals surface area contributed by atoms with Crippen LogP contribution in [0.4, 0.5) is 5.69 Å². The molecule has 0 spiro atoms. The molecule has 25 heavy (non-hydrogen) atoms. The minimum Gasteiger partial charge on any atom is -0.484 e. The normalized spacial score (nSPS) is 10.5. The Kier molecular flexibility index (Phi) is 5.09. The van der Waals surface area contributed by atoms with Gasteiger partial charge in [0.1, 0.15) is 5.75 Å². The summed E-state index contributed by atoms with van der Waals surface area (Å²) in [6.45, 7) is 3.96. The lowest BCUT2D eigenvalue weighted by Gasteiger charge is -2.08. The molecule has 3 aromatic rings. The van der Waals surface area contributed by atoms with Gasteiger partial charge in [-0.2, -0.15) is 4.98 Å². The minimum absolute atomic E-state index is 0.0516. The van der Waals surface area contributed by atoms with Crippen molar-refractivity contribution < 1.29 is 14.1 Å². The molecule has 0 bridgehead atoms. The van der Waals surface area contributed by atoms with Gasteiger partial charge in [-0.15, -0.1) is 0 Å². The molecule has 0 atom stereocenters. The first-order valence-corrected chi connectivity index (χ1v) is 7.96. The average Bonchev–Trinajstić information content (AvgIpc) is 3.02. The van der Waals surface area contributed by atoms with E-state index < -0.39 is 0 Å². The van der Waals surface area contributed by atoms with Crippen LogP contribution >= 0.6 is 0 Å². The van der Waals surface area contributed by atoms with E-state index in [-0.39, 0.29) is 12.5 Å². The first-order chi connectivity index (χ1) is 12.1. The van der Waals surface area contributed by atoms with Gasteiger partial charge in [-0.25, -0.2) is 0 Å². The van der Waals surface area contributed by atoms with Crippen molar-refractivity contribution in [3.63, 3.8) is 0 Å². The van der Waals surface area contributed by atoms with Gasteiger partial charge in [0.2, 0.25) is 5.91 Å². The summed E-state index contributed by atoms with van der Waals surface area (Å²) in [5.74, 6) is 1.61. The van der Waals surface area contributed by atoms with Crippen LogP contribution in [-0.2, 0) is 17.8 Å². The number of rotatable bonds is 6. The molecule has 0 aliphatic heterocycles. The van der Waals surface area contributed by atoms with Crippen molar-refractivity contribution in [2.45, 2.75) is 26.9 Å². The molecule has 3 rings (SSSR count). The van der Waals surface area contributed by atoms with E-state index in [9.17, 15) is 4.79 Å². The molecule has 0 saturated heterocycles. The monoisotopic (exact) mass is 337 g/mol. The topological polar surface area (TPSA) is 77.3 Å². The second-order valence-electron chi connectivity index (χ2n) is 5.70. The summed E-state index contributed by atoms with van der Waals surface area (Å²) < 4.78 is 10.6. The highest BCUT2D eigenvalue weighted by Gasteiger charge is 2.07. The van der Waals surface area contributed by atoms with Crippen LogP contribution in [0.5, 0.6) is 5.75 Å². The van der Waals surface area contributed by atoms with E-state index in [0.29, 0.717) is 23.9 Å². The van der Waals surface area contributed by atoms with Crippen LogP contribution in [0.3, 0.4) is 0 Å². The molecule has 0 saturated carbocycles. The molecule has 6 heteroatoms. The Morgan fingerprint density at radius 1 is 1.12 bits per heavy atom. The molecule has 128 valence electrons. The number of nitrogens with one attached hydrogen (secondary N) is 1. The highest BCUT2D eigenvalue weighted by molar-refractivity contribution is 5.92. The van der Waals surface area contributed by atoms with Gasteiger partial charge in [0, 0.05) is 5.69 Å². The Balaban J connectivity index is 1.53. The first kappa shape index (κ1) is 16.7. The standard InChI is InChI=1S/C19H19N3O3/c1-13-5-3-4-6-15(13)11-18(23)21-16-7-9-17(10-8-16)24-12-19-20-14(2)22-25-19/h3-10H,11-12H2,1-2H3,(H,21,23).